The molecular weight excluding hydrogens is 246 g/mol. The van der Waals surface area contributed by atoms with Gasteiger partial charge in [-0.15, -0.1) is 11.3 Å². The van der Waals surface area contributed by atoms with Crippen LogP contribution in [0.4, 0.5) is 0 Å². The predicted molar refractivity (Wildman–Crippen MR) is 71.7 cm³/mol. The van der Waals surface area contributed by atoms with Crippen molar-refractivity contribution in [3.8, 4) is 0 Å². The van der Waals surface area contributed by atoms with Crippen LogP contribution in [0.2, 0.25) is 0 Å². The topological polar surface area (TPSA) is 46.3 Å². The van der Waals surface area contributed by atoms with Crippen molar-refractivity contribution < 1.29 is 9.52 Å². The van der Waals surface area contributed by atoms with E-state index in [1.54, 1.807) is 17.5 Å². The lowest BCUT2D eigenvalue weighted by atomic mass is 10.0. The Kier molecular flexibility index (Phi) is 2.89. The van der Waals surface area contributed by atoms with Gasteiger partial charge < -0.3 is 9.52 Å². The number of nitrogens with zero attached hydrogens (tertiary/aromatic N) is 1. The summed E-state index contributed by atoms with van der Waals surface area (Å²) in [4.78, 5) is 4.20. The minimum Gasteiger partial charge on any atom is -0.461 e. The molecule has 4 heteroatoms. The fourth-order valence-electron chi connectivity index (χ4n) is 2.22. The summed E-state index contributed by atoms with van der Waals surface area (Å²) in [6.07, 6.45) is 1.72. The second-order valence-electron chi connectivity index (χ2n) is 4.21. The lowest BCUT2D eigenvalue weighted by molar-refractivity contribution is 0.177. The maximum atomic E-state index is 10.4. The van der Waals surface area contributed by atoms with Crippen LogP contribution in [0.15, 0.2) is 40.3 Å². The number of hydrogen-bond acceptors (Lipinski definition) is 4. The quantitative estimate of drug-likeness (QED) is 0.783. The average molecular weight is 259 g/mol. The summed E-state index contributed by atoms with van der Waals surface area (Å²) >= 11 is 1.56. The third-order valence-electron chi connectivity index (χ3n) is 3.00. The van der Waals surface area contributed by atoms with Gasteiger partial charge in [-0.1, -0.05) is 18.2 Å². The zero-order valence-corrected chi connectivity index (χ0v) is 10.8. The Labute approximate surface area is 109 Å². The van der Waals surface area contributed by atoms with Gasteiger partial charge in [0.15, 0.2) is 0 Å². The molecule has 0 fully saturated rings. The molecule has 1 atom stereocenters. The highest BCUT2D eigenvalue weighted by atomic mass is 32.1. The molecule has 0 amide bonds. The number of rotatable bonds is 3. The minimum absolute atomic E-state index is 0.530. The van der Waals surface area contributed by atoms with E-state index >= 15 is 0 Å². The van der Waals surface area contributed by atoms with Crippen molar-refractivity contribution in [3.05, 3.63) is 52.2 Å². The van der Waals surface area contributed by atoms with E-state index in [0.29, 0.717) is 6.42 Å². The van der Waals surface area contributed by atoms with Crippen molar-refractivity contribution in [2.24, 2.45) is 0 Å². The van der Waals surface area contributed by atoms with Crippen LogP contribution in [0, 0.1) is 6.92 Å². The third kappa shape index (κ3) is 1.94. The number of thiazole rings is 1. The molecule has 2 heterocycles. The van der Waals surface area contributed by atoms with Crippen molar-refractivity contribution in [2.45, 2.75) is 19.4 Å². The van der Waals surface area contributed by atoms with Gasteiger partial charge in [0.05, 0.1) is 11.1 Å². The molecule has 0 spiro atoms. The van der Waals surface area contributed by atoms with Crippen LogP contribution in [-0.4, -0.2) is 10.1 Å². The van der Waals surface area contributed by atoms with Crippen molar-refractivity contribution in [2.75, 3.05) is 0 Å². The molecule has 0 saturated heterocycles. The highest BCUT2D eigenvalue weighted by Crippen LogP contribution is 2.32. The number of para-hydroxylation sites is 1. The smallest absolute Gasteiger partial charge is 0.134 e. The molecule has 3 rings (SSSR count). The van der Waals surface area contributed by atoms with Crippen molar-refractivity contribution in [3.63, 3.8) is 0 Å². The SMILES string of the molecule is Cc1oc2ccccc2c1C(O)Cc1nccs1. The lowest BCUT2D eigenvalue weighted by Gasteiger charge is -2.08. The molecule has 1 unspecified atom stereocenters. The van der Waals surface area contributed by atoms with Crippen LogP contribution in [0.25, 0.3) is 11.0 Å². The van der Waals surface area contributed by atoms with Gasteiger partial charge in [-0.2, -0.15) is 0 Å². The molecular formula is C14H13NO2S. The van der Waals surface area contributed by atoms with Gasteiger partial charge in [-0.05, 0) is 13.0 Å². The highest BCUT2D eigenvalue weighted by molar-refractivity contribution is 7.09. The monoisotopic (exact) mass is 259 g/mol. The molecule has 92 valence electrons. The van der Waals surface area contributed by atoms with Gasteiger partial charge in [0.1, 0.15) is 11.3 Å². The van der Waals surface area contributed by atoms with Crippen LogP contribution in [0.5, 0.6) is 0 Å². The Hall–Kier alpha value is -1.65. The number of aromatic nitrogens is 1. The zero-order valence-electron chi connectivity index (χ0n) is 9.96. The fraction of sp³-hybridized carbons (Fsp3) is 0.214. The second-order valence-corrected chi connectivity index (χ2v) is 5.19. The predicted octanol–water partition coefficient (Wildman–Crippen LogP) is 3.47. The van der Waals surface area contributed by atoms with Gasteiger partial charge in [0.2, 0.25) is 0 Å². The van der Waals surface area contributed by atoms with Gasteiger partial charge in [0.25, 0.3) is 0 Å². The van der Waals surface area contributed by atoms with Crippen molar-refractivity contribution in [1.29, 1.82) is 0 Å². The first kappa shape index (κ1) is 11.4. The van der Waals surface area contributed by atoms with E-state index in [4.69, 9.17) is 4.42 Å². The third-order valence-corrected chi connectivity index (χ3v) is 3.81. The first-order valence-electron chi connectivity index (χ1n) is 5.80. The standard InChI is InChI=1S/C14H13NO2S/c1-9-14(10-4-2-3-5-12(10)17-9)11(16)8-13-15-6-7-18-13/h2-7,11,16H,8H2,1H3. The van der Waals surface area contributed by atoms with Crippen molar-refractivity contribution >= 4 is 22.3 Å². The first-order valence-corrected chi connectivity index (χ1v) is 6.68. The summed E-state index contributed by atoms with van der Waals surface area (Å²) in [5.41, 5.74) is 1.70. The van der Waals surface area contributed by atoms with Crippen LogP contribution >= 0.6 is 11.3 Å². The van der Waals surface area contributed by atoms with E-state index < -0.39 is 6.10 Å². The molecule has 1 aromatic carbocycles. The molecule has 3 nitrogen and oxygen atoms in total. The molecule has 0 aliphatic heterocycles. The number of furan rings is 1. The summed E-state index contributed by atoms with van der Waals surface area (Å²) in [7, 11) is 0. The molecule has 0 bridgehead atoms. The molecule has 0 radical (unpaired) electrons. The molecule has 0 aliphatic carbocycles. The first-order chi connectivity index (χ1) is 8.75. The van der Waals surface area contributed by atoms with Gasteiger partial charge in [0, 0.05) is 28.9 Å². The van der Waals surface area contributed by atoms with E-state index in [-0.39, 0.29) is 0 Å². The normalized spacial score (nSPS) is 13.0. The summed E-state index contributed by atoms with van der Waals surface area (Å²) in [5, 5.41) is 14.2. The largest absolute Gasteiger partial charge is 0.461 e. The van der Waals surface area contributed by atoms with E-state index in [9.17, 15) is 5.11 Å². The number of benzene rings is 1. The maximum absolute atomic E-state index is 10.4. The molecule has 3 aromatic rings. The Morgan fingerprint density at radius 3 is 3.00 bits per heavy atom. The number of aryl methyl sites for hydroxylation is 1. The number of fused-ring (bicyclic) bond motifs is 1. The maximum Gasteiger partial charge on any atom is 0.134 e. The molecule has 18 heavy (non-hydrogen) atoms. The summed E-state index contributed by atoms with van der Waals surface area (Å²) < 4.78 is 5.66. The van der Waals surface area contributed by atoms with E-state index in [2.05, 4.69) is 4.98 Å². The van der Waals surface area contributed by atoms with Crippen LogP contribution in [-0.2, 0) is 6.42 Å². The summed E-state index contributed by atoms with van der Waals surface area (Å²) in [6.45, 7) is 1.89. The molecule has 0 aliphatic rings. The fourth-order valence-corrected chi connectivity index (χ4v) is 2.88. The van der Waals surface area contributed by atoms with Gasteiger partial charge >= 0.3 is 0 Å². The summed E-state index contributed by atoms with van der Waals surface area (Å²) in [5.74, 6) is 0.778. The Balaban J connectivity index is 2.00. The van der Waals surface area contributed by atoms with E-state index in [0.717, 1.165) is 27.3 Å². The molecule has 0 saturated carbocycles. The summed E-state index contributed by atoms with van der Waals surface area (Å²) in [6, 6.07) is 7.79. The highest BCUT2D eigenvalue weighted by Gasteiger charge is 2.19. The number of aliphatic hydroxyl groups is 1. The zero-order chi connectivity index (χ0) is 12.5. The van der Waals surface area contributed by atoms with Gasteiger partial charge in [-0.25, -0.2) is 4.98 Å². The molecule has 1 N–H and O–H groups in total. The minimum atomic E-state index is -0.570. The van der Waals surface area contributed by atoms with Crippen LogP contribution in [0.1, 0.15) is 22.4 Å². The average Bonchev–Trinajstić information content (AvgIpc) is 2.94. The number of aliphatic hydroxyl groups excluding tert-OH is 1. The second kappa shape index (κ2) is 4.55. The van der Waals surface area contributed by atoms with E-state index in [1.165, 1.54) is 0 Å². The van der Waals surface area contributed by atoms with Crippen LogP contribution in [0.3, 0.4) is 0 Å². The Morgan fingerprint density at radius 1 is 1.39 bits per heavy atom. The van der Waals surface area contributed by atoms with Crippen molar-refractivity contribution in [1.82, 2.24) is 4.98 Å². The van der Waals surface area contributed by atoms with Gasteiger partial charge in [-0.3, -0.25) is 0 Å². The molecule has 2 aromatic heterocycles. The number of hydrogen-bond donors (Lipinski definition) is 1. The van der Waals surface area contributed by atoms with E-state index in [1.807, 2.05) is 36.6 Å². The van der Waals surface area contributed by atoms with Crippen LogP contribution < -0.4 is 0 Å². The lowest BCUT2D eigenvalue weighted by Crippen LogP contribution is -2.02. The Morgan fingerprint density at radius 2 is 2.22 bits per heavy atom. The Bertz CT molecular complexity index is 658.